The summed E-state index contributed by atoms with van der Waals surface area (Å²) in [6.45, 7) is 4.54. The van der Waals surface area contributed by atoms with Gasteiger partial charge in [0.15, 0.2) is 0 Å². The molecule has 0 fully saturated rings. The molecule has 30 heavy (non-hydrogen) atoms. The zero-order valence-electron chi connectivity index (χ0n) is 17.7. The third-order valence-electron chi connectivity index (χ3n) is 4.95. The number of nitrogens with one attached hydrogen (secondary N) is 1. The van der Waals surface area contributed by atoms with Crippen LogP contribution < -0.4 is 5.32 Å². The Balaban J connectivity index is 2.02. The molecule has 0 saturated carbocycles. The number of para-hydroxylation sites is 1. The minimum atomic E-state index is -0.323. The molecule has 0 radical (unpaired) electrons. The first-order valence-corrected chi connectivity index (χ1v) is 10.4. The average molecular weight is 432 g/mol. The lowest BCUT2D eigenvalue weighted by Crippen LogP contribution is -2.48. The second-order valence-electron chi connectivity index (χ2n) is 7.66. The van der Waals surface area contributed by atoms with E-state index in [-0.39, 0.29) is 43.5 Å². The summed E-state index contributed by atoms with van der Waals surface area (Å²) in [5.41, 5.74) is 1.57. The van der Waals surface area contributed by atoms with Crippen molar-refractivity contribution in [1.29, 1.82) is 0 Å². The van der Waals surface area contributed by atoms with Crippen LogP contribution in [0.4, 0.5) is 5.69 Å². The first kappa shape index (κ1) is 23.9. The predicted octanol–water partition coefficient (Wildman–Crippen LogP) is 3.26. The number of aliphatic hydroxyl groups is 1. The van der Waals surface area contributed by atoms with Crippen LogP contribution in [0.1, 0.15) is 19.4 Å². The molecule has 0 saturated heterocycles. The van der Waals surface area contributed by atoms with Crippen LogP contribution in [0.5, 0.6) is 0 Å². The van der Waals surface area contributed by atoms with Crippen molar-refractivity contribution in [2.75, 3.05) is 32.1 Å². The summed E-state index contributed by atoms with van der Waals surface area (Å²) >= 11 is 6.07. The summed E-state index contributed by atoms with van der Waals surface area (Å²) in [4.78, 5) is 28.5. The standard InChI is InChI=1S/C23H30ClN3O3/c1-17(2)21(16-28)27(13-18-9-5-4-6-10-18)15-23(30)26(3)14-22(29)25-20-12-8-7-11-19(20)24/h4-12,17,21,28H,13-16H2,1-3H3,(H,25,29). The number of aliphatic hydroxyl groups excluding tert-OH is 1. The number of halogens is 1. The Bertz CT molecular complexity index is 829. The Labute approximate surface area is 183 Å². The van der Waals surface area contributed by atoms with E-state index in [9.17, 15) is 14.7 Å². The monoisotopic (exact) mass is 431 g/mol. The molecule has 1 atom stereocenters. The fourth-order valence-corrected chi connectivity index (χ4v) is 3.39. The molecule has 2 amide bonds. The van der Waals surface area contributed by atoms with Crippen molar-refractivity contribution in [2.45, 2.75) is 26.4 Å². The molecule has 162 valence electrons. The lowest BCUT2D eigenvalue weighted by Gasteiger charge is -2.33. The molecule has 2 rings (SSSR count). The number of likely N-dealkylation sites (N-methyl/N-ethyl adjacent to an activating group) is 1. The normalized spacial score (nSPS) is 12.1. The number of benzene rings is 2. The molecular weight excluding hydrogens is 402 g/mol. The largest absolute Gasteiger partial charge is 0.395 e. The van der Waals surface area contributed by atoms with E-state index in [1.807, 2.05) is 49.1 Å². The highest BCUT2D eigenvalue weighted by atomic mass is 35.5. The summed E-state index contributed by atoms with van der Waals surface area (Å²) in [5, 5.41) is 13.1. The molecule has 6 nitrogen and oxygen atoms in total. The lowest BCUT2D eigenvalue weighted by molar-refractivity contribution is -0.135. The molecule has 2 aromatic rings. The number of hydrogen-bond donors (Lipinski definition) is 2. The number of carbonyl (C=O) groups is 2. The topological polar surface area (TPSA) is 72.9 Å². The van der Waals surface area contributed by atoms with Gasteiger partial charge in [-0.2, -0.15) is 0 Å². The van der Waals surface area contributed by atoms with Crippen LogP contribution in [0.2, 0.25) is 5.02 Å². The van der Waals surface area contributed by atoms with Gasteiger partial charge in [-0.05, 0) is 23.6 Å². The quantitative estimate of drug-likeness (QED) is 0.605. The number of nitrogens with zero attached hydrogens (tertiary/aromatic N) is 2. The van der Waals surface area contributed by atoms with Crippen molar-refractivity contribution in [3.05, 3.63) is 65.2 Å². The minimum Gasteiger partial charge on any atom is -0.395 e. The van der Waals surface area contributed by atoms with Crippen molar-refractivity contribution in [3.63, 3.8) is 0 Å². The Hall–Kier alpha value is -2.41. The van der Waals surface area contributed by atoms with Gasteiger partial charge < -0.3 is 15.3 Å². The van der Waals surface area contributed by atoms with E-state index in [0.29, 0.717) is 17.3 Å². The fraction of sp³-hybridized carbons (Fsp3) is 0.391. The molecule has 0 aliphatic heterocycles. The molecule has 1 unspecified atom stereocenters. The molecule has 0 spiro atoms. The Morgan fingerprint density at radius 1 is 1.03 bits per heavy atom. The molecular formula is C23H30ClN3O3. The van der Waals surface area contributed by atoms with E-state index in [2.05, 4.69) is 5.32 Å². The number of rotatable bonds is 10. The SMILES string of the molecule is CC(C)C(CO)N(CC(=O)N(C)CC(=O)Nc1ccccc1Cl)Cc1ccccc1. The maximum atomic E-state index is 12.8. The van der Waals surface area contributed by atoms with Crippen LogP contribution in [0.15, 0.2) is 54.6 Å². The maximum Gasteiger partial charge on any atom is 0.244 e. The van der Waals surface area contributed by atoms with Gasteiger partial charge in [-0.15, -0.1) is 0 Å². The zero-order chi connectivity index (χ0) is 22.1. The van der Waals surface area contributed by atoms with Crippen LogP contribution >= 0.6 is 11.6 Å². The van der Waals surface area contributed by atoms with E-state index in [4.69, 9.17) is 11.6 Å². The highest BCUT2D eigenvalue weighted by molar-refractivity contribution is 6.33. The van der Waals surface area contributed by atoms with Crippen LogP contribution in [0.3, 0.4) is 0 Å². The van der Waals surface area contributed by atoms with E-state index in [1.165, 1.54) is 4.90 Å². The van der Waals surface area contributed by atoms with Crippen LogP contribution in [0, 0.1) is 5.92 Å². The molecule has 2 aromatic carbocycles. The van der Waals surface area contributed by atoms with Gasteiger partial charge in [-0.1, -0.05) is 67.9 Å². The van der Waals surface area contributed by atoms with E-state index in [0.717, 1.165) is 5.56 Å². The van der Waals surface area contributed by atoms with Gasteiger partial charge in [-0.25, -0.2) is 0 Å². The Kier molecular flexibility index (Phi) is 9.30. The Morgan fingerprint density at radius 3 is 2.27 bits per heavy atom. The van der Waals surface area contributed by atoms with Crippen molar-refractivity contribution in [2.24, 2.45) is 5.92 Å². The number of hydrogen-bond acceptors (Lipinski definition) is 4. The first-order chi connectivity index (χ1) is 14.3. The van der Waals surface area contributed by atoms with Gasteiger partial charge in [0.2, 0.25) is 11.8 Å². The third kappa shape index (κ3) is 7.13. The summed E-state index contributed by atoms with van der Waals surface area (Å²) < 4.78 is 0. The van der Waals surface area contributed by atoms with Gasteiger partial charge in [0, 0.05) is 19.6 Å². The third-order valence-corrected chi connectivity index (χ3v) is 5.28. The highest BCUT2D eigenvalue weighted by Gasteiger charge is 2.25. The second kappa shape index (κ2) is 11.7. The summed E-state index contributed by atoms with van der Waals surface area (Å²) in [6.07, 6.45) is 0. The van der Waals surface area contributed by atoms with E-state index >= 15 is 0 Å². The van der Waals surface area contributed by atoms with Crippen molar-refractivity contribution >= 4 is 29.1 Å². The highest BCUT2D eigenvalue weighted by Crippen LogP contribution is 2.20. The minimum absolute atomic E-state index is 0.0471. The van der Waals surface area contributed by atoms with Crippen LogP contribution in [-0.4, -0.2) is 59.5 Å². The van der Waals surface area contributed by atoms with Gasteiger partial charge in [-0.3, -0.25) is 14.5 Å². The van der Waals surface area contributed by atoms with Gasteiger partial charge in [0.1, 0.15) is 0 Å². The number of anilines is 1. The van der Waals surface area contributed by atoms with E-state index < -0.39 is 0 Å². The second-order valence-corrected chi connectivity index (χ2v) is 8.07. The molecule has 0 aliphatic rings. The number of amides is 2. The van der Waals surface area contributed by atoms with Crippen molar-refractivity contribution in [3.8, 4) is 0 Å². The Morgan fingerprint density at radius 2 is 1.67 bits per heavy atom. The van der Waals surface area contributed by atoms with Gasteiger partial charge in [0.25, 0.3) is 0 Å². The average Bonchev–Trinajstić information content (AvgIpc) is 2.70. The fourth-order valence-electron chi connectivity index (χ4n) is 3.21. The summed E-state index contributed by atoms with van der Waals surface area (Å²) in [5.74, 6) is -0.351. The maximum absolute atomic E-state index is 12.8. The summed E-state index contributed by atoms with van der Waals surface area (Å²) in [6, 6.07) is 16.6. The molecule has 7 heteroatoms. The molecule has 0 bridgehead atoms. The molecule has 2 N–H and O–H groups in total. The predicted molar refractivity (Wildman–Crippen MR) is 120 cm³/mol. The molecule has 0 aromatic heterocycles. The molecule has 0 heterocycles. The van der Waals surface area contributed by atoms with Crippen LogP contribution in [0.25, 0.3) is 0 Å². The van der Waals surface area contributed by atoms with Crippen LogP contribution in [-0.2, 0) is 16.1 Å². The van der Waals surface area contributed by atoms with E-state index in [1.54, 1.807) is 31.3 Å². The van der Waals surface area contributed by atoms with Gasteiger partial charge in [0.05, 0.1) is 30.4 Å². The molecule has 0 aliphatic carbocycles. The smallest absolute Gasteiger partial charge is 0.244 e. The first-order valence-electron chi connectivity index (χ1n) is 9.99. The zero-order valence-corrected chi connectivity index (χ0v) is 18.5. The number of carbonyl (C=O) groups excluding carboxylic acids is 2. The summed E-state index contributed by atoms with van der Waals surface area (Å²) in [7, 11) is 1.60. The lowest BCUT2D eigenvalue weighted by atomic mass is 10.0. The van der Waals surface area contributed by atoms with Gasteiger partial charge >= 0.3 is 0 Å². The van der Waals surface area contributed by atoms with Crippen molar-refractivity contribution < 1.29 is 14.7 Å². The van der Waals surface area contributed by atoms with Crippen molar-refractivity contribution in [1.82, 2.24) is 9.80 Å².